The Bertz CT molecular complexity index is 1330. The van der Waals surface area contributed by atoms with Gasteiger partial charge < -0.3 is 19.1 Å². The Labute approximate surface area is 243 Å². The molecule has 3 aromatic rings. The fraction of sp³-hybridized carbons (Fsp3) is 0.393. The molecule has 1 heterocycles. The minimum absolute atomic E-state index is 0.140. The quantitative estimate of drug-likeness (QED) is 0.215. The van der Waals surface area contributed by atoms with Gasteiger partial charge in [0, 0.05) is 41.0 Å². The van der Waals surface area contributed by atoms with Gasteiger partial charge in [-0.1, -0.05) is 22.0 Å². The van der Waals surface area contributed by atoms with E-state index in [1.165, 1.54) is 16.4 Å². The summed E-state index contributed by atoms with van der Waals surface area (Å²) in [5, 5.41) is 0. The fourth-order valence-corrected chi connectivity index (χ4v) is 6.62. The number of amides is 1. The van der Waals surface area contributed by atoms with Crippen molar-refractivity contribution < 1.29 is 27.4 Å². The van der Waals surface area contributed by atoms with Crippen LogP contribution in [0.1, 0.15) is 21.7 Å². The van der Waals surface area contributed by atoms with Crippen LogP contribution < -0.4 is 9.47 Å². The molecular formula is C28H35BrN2O6S2. The Morgan fingerprint density at radius 3 is 2.28 bits per heavy atom. The van der Waals surface area contributed by atoms with Crippen LogP contribution in [0, 0.1) is 6.92 Å². The molecule has 0 spiro atoms. The molecular weight excluding hydrogens is 604 g/mol. The van der Waals surface area contributed by atoms with Crippen LogP contribution in [-0.2, 0) is 32.5 Å². The van der Waals surface area contributed by atoms with Crippen molar-refractivity contribution in [1.82, 2.24) is 9.21 Å². The number of methoxy groups -OCH3 is 3. The van der Waals surface area contributed by atoms with Gasteiger partial charge in [0.2, 0.25) is 15.9 Å². The molecule has 8 nitrogen and oxygen atoms in total. The van der Waals surface area contributed by atoms with E-state index in [0.717, 1.165) is 19.8 Å². The third-order valence-corrected chi connectivity index (χ3v) is 9.51. The summed E-state index contributed by atoms with van der Waals surface area (Å²) in [5.41, 5.74) is 0.979. The highest BCUT2D eigenvalue weighted by atomic mass is 79.9. The first kappa shape index (κ1) is 31.1. The molecule has 212 valence electrons. The summed E-state index contributed by atoms with van der Waals surface area (Å²) in [6, 6.07) is 16.1. The van der Waals surface area contributed by atoms with Crippen molar-refractivity contribution in [3.63, 3.8) is 0 Å². The lowest BCUT2D eigenvalue weighted by molar-refractivity contribution is -0.132. The van der Waals surface area contributed by atoms with Crippen molar-refractivity contribution in [3.8, 4) is 11.5 Å². The van der Waals surface area contributed by atoms with Crippen LogP contribution in [0.25, 0.3) is 0 Å². The number of carbonyl (C=O) groups is 1. The monoisotopic (exact) mass is 638 g/mol. The number of benzene rings is 2. The lowest BCUT2D eigenvalue weighted by atomic mass is 10.1. The van der Waals surface area contributed by atoms with E-state index in [1.54, 1.807) is 49.7 Å². The van der Waals surface area contributed by atoms with Gasteiger partial charge in [-0.05, 0) is 73.9 Å². The SMILES string of the molecule is COCCCN(CC(=O)N(CCc1ccc(OC)c(OC)c1)Cc1ccc(C)s1)S(=O)(=O)c1ccc(Br)cc1. The van der Waals surface area contributed by atoms with E-state index in [4.69, 9.17) is 14.2 Å². The van der Waals surface area contributed by atoms with E-state index in [-0.39, 0.29) is 23.9 Å². The molecule has 2 aromatic carbocycles. The number of sulfonamides is 1. The molecule has 0 aliphatic heterocycles. The van der Waals surface area contributed by atoms with Gasteiger partial charge in [-0.2, -0.15) is 4.31 Å². The lowest BCUT2D eigenvalue weighted by Gasteiger charge is -2.27. The van der Waals surface area contributed by atoms with Crippen molar-refractivity contribution in [3.05, 3.63) is 74.4 Å². The van der Waals surface area contributed by atoms with E-state index < -0.39 is 10.0 Å². The summed E-state index contributed by atoms with van der Waals surface area (Å²) in [5.74, 6) is 0.986. The van der Waals surface area contributed by atoms with Crippen molar-refractivity contribution in [1.29, 1.82) is 0 Å². The highest BCUT2D eigenvalue weighted by Gasteiger charge is 2.28. The summed E-state index contributed by atoms with van der Waals surface area (Å²) in [7, 11) is 0.838. The average molecular weight is 640 g/mol. The predicted octanol–water partition coefficient (Wildman–Crippen LogP) is 5.13. The van der Waals surface area contributed by atoms with Gasteiger partial charge in [-0.15, -0.1) is 11.3 Å². The standard InChI is InChI=1S/C28H35BrN2O6S2/c1-21-6-10-24(38-21)19-30(16-14-22-7-13-26(36-3)27(18-22)37-4)28(32)20-31(15-5-17-35-2)39(33,34)25-11-8-23(29)9-12-25/h6-13,18H,5,14-17,19-20H2,1-4H3. The molecule has 0 bridgehead atoms. The first-order valence-electron chi connectivity index (χ1n) is 12.5. The van der Waals surface area contributed by atoms with Crippen molar-refractivity contribution in [2.45, 2.75) is 31.2 Å². The molecule has 0 fully saturated rings. The molecule has 0 N–H and O–H groups in total. The van der Waals surface area contributed by atoms with Crippen LogP contribution in [0.15, 0.2) is 64.0 Å². The zero-order valence-electron chi connectivity index (χ0n) is 22.7. The number of hydrogen-bond donors (Lipinski definition) is 0. The number of thiophene rings is 1. The van der Waals surface area contributed by atoms with Gasteiger partial charge in [0.25, 0.3) is 0 Å². The maximum absolute atomic E-state index is 13.7. The Balaban J connectivity index is 1.84. The summed E-state index contributed by atoms with van der Waals surface area (Å²) >= 11 is 4.97. The van der Waals surface area contributed by atoms with E-state index in [0.29, 0.717) is 44.0 Å². The third-order valence-electron chi connectivity index (χ3n) is 6.13. The molecule has 1 amide bonds. The fourth-order valence-electron chi connectivity index (χ4n) is 4.03. The van der Waals surface area contributed by atoms with Crippen LogP contribution in [0.2, 0.25) is 0 Å². The minimum atomic E-state index is -3.90. The number of carbonyl (C=O) groups excluding carboxylic acids is 1. The largest absolute Gasteiger partial charge is 0.493 e. The first-order valence-corrected chi connectivity index (χ1v) is 15.5. The van der Waals surface area contributed by atoms with Crippen molar-refractivity contribution >= 4 is 43.2 Å². The molecule has 1 aromatic heterocycles. The second-order valence-electron chi connectivity index (χ2n) is 8.91. The molecule has 39 heavy (non-hydrogen) atoms. The van der Waals surface area contributed by atoms with E-state index in [2.05, 4.69) is 15.9 Å². The second-order valence-corrected chi connectivity index (χ2v) is 13.1. The molecule has 0 saturated carbocycles. The predicted molar refractivity (Wildman–Crippen MR) is 157 cm³/mol. The minimum Gasteiger partial charge on any atom is -0.493 e. The number of rotatable bonds is 15. The molecule has 3 rings (SSSR count). The first-order chi connectivity index (χ1) is 18.7. The Hall–Kier alpha value is -2.44. The van der Waals surface area contributed by atoms with Crippen LogP contribution >= 0.6 is 27.3 Å². The molecule has 0 aliphatic rings. The van der Waals surface area contributed by atoms with Gasteiger partial charge in [-0.3, -0.25) is 4.79 Å². The number of halogens is 1. The van der Waals surface area contributed by atoms with E-state index >= 15 is 0 Å². The molecule has 0 radical (unpaired) electrons. The van der Waals surface area contributed by atoms with Gasteiger partial charge in [0.15, 0.2) is 11.5 Å². The maximum Gasteiger partial charge on any atom is 0.243 e. The van der Waals surface area contributed by atoms with Gasteiger partial charge in [0.05, 0.1) is 32.2 Å². The van der Waals surface area contributed by atoms with Crippen molar-refractivity contribution in [2.24, 2.45) is 0 Å². The molecule has 0 unspecified atom stereocenters. The number of aryl methyl sites for hydroxylation is 1. The van der Waals surface area contributed by atoms with Crippen LogP contribution in [0.3, 0.4) is 0 Å². The van der Waals surface area contributed by atoms with Crippen molar-refractivity contribution in [2.75, 3.05) is 47.6 Å². The average Bonchev–Trinajstić information content (AvgIpc) is 3.34. The molecule has 11 heteroatoms. The van der Waals surface area contributed by atoms with Gasteiger partial charge >= 0.3 is 0 Å². The Kier molecular flexibility index (Phi) is 11.8. The van der Waals surface area contributed by atoms with Gasteiger partial charge in [0.1, 0.15) is 0 Å². The summed E-state index contributed by atoms with van der Waals surface area (Å²) < 4.78 is 45.0. The normalized spacial score (nSPS) is 11.5. The third kappa shape index (κ3) is 8.77. The zero-order chi connectivity index (χ0) is 28.4. The van der Waals surface area contributed by atoms with Crippen LogP contribution in [0.4, 0.5) is 0 Å². The Morgan fingerprint density at radius 1 is 0.949 bits per heavy atom. The number of nitrogens with zero attached hydrogens (tertiary/aromatic N) is 2. The van der Waals surface area contributed by atoms with Gasteiger partial charge in [-0.25, -0.2) is 8.42 Å². The Morgan fingerprint density at radius 2 is 1.67 bits per heavy atom. The van der Waals surface area contributed by atoms with E-state index in [1.807, 2.05) is 37.3 Å². The van der Waals surface area contributed by atoms with Crippen LogP contribution in [-0.4, -0.2) is 71.1 Å². The second kappa shape index (κ2) is 14.8. The number of hydrogen-bond acceptors (Lipinski definition) is 7. The molecule has 0 saturated heterocycles. The highest BCUT2D eigenvalue weighted by molar-refractivity contribution is 9.10. The molecule has 0 aliphatic carbocycles. The number of ether oxygens (including phenoxy) is 3. The lowest BCUT2D eigenvalue weighted by Crippen LogP contribution is -2.43. The smallest absolute Gasteiger partial charge is 0.243 e. The topological polar surface area (TPSA) is 85.4 Å². The van der Waals surface area contributed by atoms with E-state index in [9.17, 15) is 13.2 Å². The maximum atomic E-state index is 13.7. The summed E-state index contributed by atoms with van der Waals surface area (Å²) in [4.78, 5) is 17.8. The molecule has 0 atom stereocenters. The summed E-state index contributed by atoms with van der Waals surface area (Å²) in [6.07, 6.45) is 1.04. The zero-order valence-corrected chi connectivity index (χ0v) is 25.9. The highest BCUT2D eigenvalue weighted by Crippen LogP contribution is 2.28. The summed E-state index contributed by atoms with van der Waals surface area (Å²) in [6.45, 7) is 3.12. The van der Waals surface area contributed by atoms with Crippen LogP contribution in [0.5, 0.6) is 11.5 Å².